The van der Waals surface area contributed by atoms with Gasteiger partial charge < -0.3 is 10.1 Å². The van der Waals surface area contributed by atoms with Crippen molar-refractivity contribution in [3.63, 3.8) is 0 Å². The number of halogens is 3. The highest BCUT2D eigenvalue weighted by molar-refractivity contribution is 6.68. The lowest BCUT2D eigenvalue weighted by atomic mass is 10.1. The molecule has 0 aliphatic rings. The molecule has 0 aliphatic heterocycles. The molecule has 1 N–H and O–H groups in total. The zero-order chi connectivity index (χ0) is 18.6. The van der Waals surface area contributed by atoms with Gasteiger partial charge in [-0.05, 0) is 30.7 Å². The highest BCUT2D eigenvalue weighted by Crippen LogP contribution is 2.32. The normalized spacial score (nSPS) is 12.3. The van der Waals surface area contributed by atoms with Crippen LogP contribution in [0.25, 0.3) is 0 Å². The third-order valence-corrected chi connectivity index (χ3v) is 3.85. The molecule has 25 heavy (non-hydrogen) atoms. The zero-order valence-corrected chi connectivity index (χ0v) is 15.2. The van der Waals surface area contributed by atoms with Gasteiger partial charge >= 0.3 is 0 Å². The van der Waals surface area contributed by atoms with E-state index in [0.717, 1.165) is 5.56 Å². The van der Waals surface area contributed by atoms with Crippen molar-refractivity contribution in [2.24, 2.45) is 0 Å². The van der Waals surface area contributed by atoms with E-state index < -0.39 is 20.9 Å². The Kier molecular flexibility index (Phi) is 6.11. The van der Waals surface area contributed by atoms with Gasteiger partial charge in [0.05, 0.1) is 4.92 Å². The van der Waals surface area contributed by atoms with Crippen LogP contribution < -0.4 is 10.1 Å². The smallest absolute Gasteiger partial charge is 0.269 e. The minimum absolute atomic E-state index is 0.110. The van der Waals surface area contributed by atoms with Crippen molar-refractivity contribution in [1.29, 1.82) is 0 Å². The van der Waals surface area contributed by atoms with Gasteiger partial charge in [-0.3, -0.25) is 14.9 Å². The first-order valence-corrected chi connectivity index (χ1v) is 8.16. The summed E-state index contributed by atoms with van der Waals surface area (Å²) >= 11 is 17.7. The lowest BCUT2D eigenvalue weighted by molar-refractivity contribution is -0.384. The predicted molar refractivity (Wildman–Crippen MR) is 96.4 cm³/mol. The predicted octanol–water partition coefficient (Wildman–Crippen LogP) is 4.41. The van der Waals surface area contributed by atoms with Gasteiger partial charge in [-0.2, -0.15) is 0 Å². The van der Waals surface area contributed by atoms with Crippen LogP contribution in [0.15, 0.2) is 48.5 Å². The number of hydrogen-bond donors (Lipinski definition) is 1. The van der Waals surface area contributed by atoms with E-state index in [1.54, 1.807) is 31.2 Å². The van der Waals surface area contributed by atoms with Gasteiger partial charge in [0, 0.05) is 17.7 Å². The number of nitro benzene ring substituents is 1. The van der Waals surface area contributed by atoms with Crippen LogP contribution in [-0.4, -0.2) is 20.9 Å². The van der Waals surface area contributed by atoms with Crippen molar-refractivity contribution in [2.75, 3.05) is 0 Å². The standard InChI is InChI=1S/C16H13Cl3N2O4/c1-10-4-2-3-5-13(10)14(22)20-15(16(17,18)19)25-12-8-6-11(7-9-12)21(23)24/h2-9,15H,1H3,(H,20,22). The van der Waals surface area contributed by atoms with Gasteiger partial charge in [0.15, 0.2) is 0 Å². The third-order valence-electron chi connectivity index (χ3n) is 3.25. The van der Waals surface area contributed by atoms with E-state index in [2.05, 4.69) is 5.32 Å². The largest absolute Gasteiger partial charge is 0.466 e. The number of nitrogens with one attached hydrogen (secondary N) is 1. The Balaban J connectivity index is 2.18. The molecular weight excluding hydrogens is 391 g/mol. The second kappa shape index (κ2) is 7.91. The number of ether oxygens (including phenoxy) is 1. The zero-order valence-electron chi connectivity index (χ0n) is 12.9. The molecule has 0 saturated carbocycles. The highest BCUT2D eigenvalue weighted by Gasteiger charge is 2.36. The number of benzene rings is 2. The molecule has 0 aliphatic carbocycles. The molecule has 6 nitrogen and oxygen atoms in total. The first-order chi connectivity index (χ1) is 11.7. The first kappa shape index (κ1) is 19.3. The van der Waals surface area contributed by atoms with Crippen molar-refractivity contribution >= 4 is 46.4 Å². The molecule has 0 fully saturated rings. The molecule has 1 atom stereocenters. The summed E-state index contributed by atoms with van der Waals surface area (Å²) in [5.74, 6) is -0.275. The molecule has 0 heterocycles. The number of amides is 1. The molecule has 0 radical (unpaired) electrons. The summed E-state index contributed by atoms with van der Waals surface area (Å²) in [6.07, 6.45) is -1.30. The number of hydrogen-bond acceptors (Lipinski definition) is 4. The van der Waals surface area contributed by atoms with E-state index in [9.17, 15) is 14.9 Å². The average molecular weight is 404 g/mol. The van der Waals surface area contributed by atoms with E-state index in [4.69, 9.17) is 39.5 Å². The Labute approximate surface area is 158 Å². The van der Waals surface area contributed by atoms with Crippen molar-refractivity contribution < 1.29 is 14.5 Å². The quantitative estimate of drug-likeness (QED) is 0.347. The highest BCUT2D eigenvalue weighted by atomic mass is 35.6. The number of rotatable bonds is 5. The first-order valence-electron chi connectivity index (χ1n) is 7.03. The summed E-state index contributed by atoms with van der Waals surface area (Å²) in [7, 11) is 0. The molecule has 1 unspecified atom stereocenters. The minimum Gasteiger partial charge on any atom is -0.466 e. The molecule has 1 amide bonds. The number of carbonyl (C=O) groups is 1. The van der Waals surface area contributed by atoms with Gasteiger partial charge in [0.1, 0.15) is 5.75 Å². The SMILES string of the molecule is Cc1ccccc1C(=O)NC(Oc1ccc([N+](=O)[O-])cc1)C(Cl)(Cl)Cl. The lowest BCUT2D eigenvalue weighted by Gasteiger charge is -2.26. The monoisotopic (exact) mass is 402 g/mol. The molecular formula is C16H13Cl3N2O4. The van der Waals surface area contributed by atoms with Crippen molar-refractivity contribution in [3.8, 4) is 5.75 Å². The van der Waals surface area contributed by atoms with Gasteiger partial charge in [0.2, 0.25) is 10.0 Å². The van der Waals surface area contributed by atoms with Gasteiger partial charge in [-0.25, -0.2) is 0 Å². The van der Waals surface area contributed by atoms with Crippen molar-refractivity contribution in [2.45, 2.75) is 16.9 Å². The summed E-state index contributed by atoms with van der Waals surface area (Å²) in [4.78, 5) is 22.5. The van der Waals surface area contributed by atoms with Crippen LogP contribution in [0.1, 0.15) is 15.9 Å². The van der Waals surface area contributed by atoms with Crippen molar-refractivity contribution in [3.05, 3.63) is 69.8 Å². The molecule has 0 saturated heterocycles. The van der Waals surface area contributed by atoms with E-state index >= 15 is 0 Å². The van der Waals surface area contributed by atoms with Crippen LogP contribution >= 0.6 is 34.8 Å². The van der Waals surface area contributed by atoms with E-state index in [-0.39, 0.29) is 11.4 Å². The van der Waals surface area contributed by atoms with Crippen LogP contribution in [0.3, 0.4) is 0 Å². The van der Waals surface area contributed by atoms with Gasteiger partial charge in [-0.1, -0.05) is 53.0 Å². The number of nitrogens with zero attached hydrogens (tertiary/aromatic N) is 1. The van der Waals surface area contributed by atoms with Crippen molar-refractivity contribution in [1.82, 2.24) is 5.32 Å². The van der Waals surface area contributed by atoms with Crippen LogP contribution in [0.5, 0.6) is 5.75 Å². The van der Waals surface area contributed by atoms with E-state index in [1.165, 1.54) is 24.3 Å². The Bertz CT molecular complexity index is 776. The lowest BCUT2D eigenvalue weighted by Crippen LogP contribution is -2.48. The van der Waals surface area contributed by atoms with Gasteiger partial charge in [-0.15, -0.1) is 0 Å². The molecule has 2 aromatic carbocycles. The fourth-order valence-electron chi connectivity index (χ4n) is 1.99. The maximum atomic E-state index is 12.4. The number of nitro groups is 1. The van der Waals surface area contributed by atoms with Gasteiger partial charge in [0.25, 0.3) is 11.6 Å². The molecule has 0 spiro atoms. The maximum absolute atomic E-state index is 12.4. The number of carbonyl (C=O) groups excluding carboxylic acids is 1. The fraction of sp³-hybridized carbons (Fsp3) is 0.188. The topological polar surface area (TPSA) is 81.5 Å². The number of aryl methyl sites for hydroxylation is 1. The minimum atomic E-state index is -1.96. The molecule has 2 rings (SSSR count). The second-order valence-corrected chi connectivity index (χ2v) is 7.45. The summed E-state index contributed by atoms with van der Waals surface area (Å²) < 4.78 is 3.54. The summed E-state index contributed by atoms with van der Waals surface area (Å²) in [6.45, 7) is 1.77. The van der Waals surface area contributed by atoms with Crippen LogP contribution in [0.4, 0.5) is 5.69 Å². The number of non-ortho nitro benzene ring substituents is 1. The summed E-state index contributed by atoms with van der Waals surface area (Å²) in [6, 6.07) is 12.1. The number of alkyl halides is 3. The molecule has 132 valence electrons. The van der Waals surface area contributed by atoms with Crippen LogP contribution in [0, 0.1) is 17.0 Å². The molecule has 2 aromatic rings. The Morgan fingerprint density at radius 3 is 2.28 bits per heavy atom. The fourth-order valence-corrected chi connectivity index (χ4v) is 2.28. The van der Waals surface area contributed by atoms with Crippen LogP contribution in [0.2, 0.25) is 0 Å². The second-order valence-electron chi connectivity index (χ2n) is 5.08. The molecule has 0 aromatic heterocycles. The average Bonchev–Trinajstić information content (AvgIpc) is 2.54. The Morgan fingerprint density at radius 2 is 1.76 bits per heavy atom. The Hall–Kier alpha value is -2.02. The third kappa shape index (κ3) is 5.22. The molecule has 0 bridgehead atoms. The Morgan fingerprint density at radius 1 is 1.16 bits per heavy atom. The van der Waals surface area contributed by atoms with E-state index in [0.29, 0.717) is 5.56 Å². The summed E-state index contributed by atoms with van der Waals surface area (Å²) in [5.41, 5.74) is 1.05. The summed E-state index contributed by atoms with van der Waals surface area (Å²) in [5, 5.41) is 13.2. The van der Waals surface area contributed by atoms with Crippen LogP contribution in [-0.2, 0) is 0 Å². The maximum Gasteiger partial charge on any atom is 0.269 e. The molecule has 9 heteroatoms. The van der Waals surface area contributed by atoms with E-state index in [1.807, 2.05) is 0 Å².